The number of hydrogen-bond donors (Lipinski definition) is 0. The summed E-state index contributed by atoms with van der Waals surface area (Å²) in [5, 5.41) is 1.31. The molecule has 2 aromatic heterocycles. The van der Waals surface area contributed by atoms with Gasteiger partial charge < -0.3 is 14.2 Å². The normalized spacial score (nSPS) is 17.8. The molecule has 1 amide bonds. The maximum Gasteiger partial charge on any atom is 0.219 e. The molecule has 0 aliphatic carbocycles. The molecule has 0 saturated carbocycles. The van der Waals surface area contributed by atoms with Gasteiger partial charge in [0.15, 0.2) is 0 Å². The van der Waals surface area contributed by atoms with Crippen molar-refractivity contribution in [1.82, 2.24) is 9.80 Å². The number of nitrogens with zero attached hydrogens (tertiary/aromatic N) is 2. The van der Waals surface area contributed by atoms with E-state index < -0.39 is 0 Å². The van der Waals surface area contributed by atoms with E-state index in [1.54, 1.807) is 22.9 Å². The van der Waals surface area contributed by atoms with Crippen LogP contribution in [-0.2, 0) is 30.6 Å². The van der Waals surface area contributed by atoms with Gasteiger partial charge in [0.25, 0.3) is 0 Å². The van der Waals surface area contributed by atoms with E-state index in [2.05, 4.69) is 36.9 Å². The highest BCUT2D eigenvalue weighted by molar-refractivity contribution is 7.12. The largest absolute Gasteiger partial charge is 0.464 e. The number of likely N-dealkylation sites (tertiary alicyclic amines) is 1. The van der Waals surface area contributed by atoms with Crippen LogP contribution in [0.2, 0.25) is 0 Å². The molecule has 5 rings (SSSR count). The van der Waals surface area contributed by atoms with Crippen LogP contribution < -0.4 is 0 Å². The van der Waals surface area contributed by atoms with Gasteiger partial charge >= 0.3 is 0 Å². The standard InChI is InChI=1S/C27H34N2O2S/c1-4-21-22-10-15-29(19(3)30)16-26(22)32-25(21)11-14-28-12-8-20(9-13-28)24-17-31-27-18(2)6-5-7-23(24)27/h5-7,17,20H,4,8-16H2,1-3H3. The van der Waals surface area contributed by atoms with Gasteiger partial charge in [-0.3, -0.25) is 4.79 Å². The first kappa shape index (κ1) is 21.7. The maximum atomic E-state index is 11.8. The van der Waals surface area contributed by atoms with Gasteiger partial charge in [-0.15, -0.1) is 11.3 Å². The molecule has 1 fully saturated rings. The second kappa shape index (κ2) is 9.03. The molecule has 0 atom stereocenters. The Hall–Kier alpha value is -2.11. The Bertz CT molecular complexity index is 1120. The summed E-state index contributed by atoms with van der Waals surface area (Å²) in [5.74, 6) is 0.805. The van der Waals surface area contributed by atoms with Crippen LogP contribution in [0.1, 0.15) is 64.6 Å². The Kier molecular flexibility index (Phi) is 6.13. The van der Waals surface area contributed by atoms with E-state index in [1.165, 1.54) is 34.2 Å². The lowest BCUT2D eigenvalue weighted by molar-refractivity contribution is -0.129. The molecule has 32 heavy (non-hydrogen) atoms. The summed E-state index contributed by atoms with van der Waals surface area (Å²) in [6.07, 6.45) is 7.69. The van der Waals surface area contributed by atoms with E-state index in [0.717, 1.165) is 57.6 Å². The van der Waals surface area contributed by atoms with E-state index >= 15 is 0 Å². The number of hydrogen-bond acceptors (Lipinski definition) is 4. The summed E-state index contributed by atoms with van der Waals surface area (Å²) in [6.45, 7) is 11.3. The van der Waals surface area contributed by atoms with E-state index in [0.29, 0.717) is 5.92 Å². The molecule has 0 spiro atoms. The zero-order valence-corrected chi connectivity index (χ0v) is 20.4. The third kappa shape index (κ3) is 4.01. The fourth-order valence-corrected chi connectivity index (χ4v) is 7.12. The van der Waals surface area contributed by atoms with Crippen LogP contribution in [0.4, 0.5) is 0 Å². The Morgan fingerprint density at radius 1 is 1.22 bits per heavy atom. The van der Waals surface area contributed by atoms with Gasteiger partial charge in [-0.05, 0) is 74.7 Å². The first-order valence-electron chi connectivity index (χ1n) is 12.1. The smallest absolute Gasteiger partial charge is 0.219 e. The molecule has 3 aromatic rings. The molecule has 5 heteroatoms. The van der Waals surface area contributed by atoms with Gasteiger partial charge in [0, 0.05) is 40.7 Å². The number of carbonyl (C=O) groups excluding carboxylic acids is 1. The SMILES string of the molecule is CCc1c(CCN2CCC(c3coc4c(C)cccc34)CC2)sc2c1CCN(C(C)=O)C2. The Morgan fingerprint density at radius 2 is 2.03 bits per heavy atom. The van der Waals surface area contributed by atoms with Crippen molar-refractivity contribution in [3.8, 4) is 0 Å². The predicted molar refractivity (Wildman–Crippen MR) is 132 cm³/mol. The monoisotopic (exact) mass is 450 g/mol. The van der Waals surface area contributed by atoms with Crippen molar-refractivity contribution in [3.05, 3.63) is 56.5 Å². The third-order valence-electron chi connectivity index (χ3n) is 7.56. The molecule has 0 radical (unpaired) electrons. The average Bonchev–Trinajstić information content (AvgIpc) is 3.39. The molecule has 0 bridgehead atoms. The minimum Gasteiger partial charge on any atom is -0.464 e. The number of carbonyl (C=O) groups is 1. The average molecular weight is 451 g/mol. The molecular weight excluding hydrogens is 416 g/mol. The Balaban J connectivity index is 1.21. The minimum atomic E-state index is 0.201. The van der Waals surface area contributed by atoms with Crippen LogP contribution in [0.5, 0.6) is 0 Å². The van der Waals surface area contributed by atoms with Crippen molar-refractivity contribution >= 4 is 28.2 Å². The van der Waals surface area contributed by atoms with Crippen LogP contribution in [-0.4, -0.2) is 41.9 Å². The van der Waals surface area contributed by atoms with Crippen LogP contribution in [0, 0.1) is 6.92 Å². The van der Waals surface area contributed by atoms with Crippen molar-refractivity contribution in [2.75, 3.05) is 26.2 Å². The first-order valence-corrected chi connectivity index (χ1v) is 12.9. The number of furan rings is 1. The lowest BCUT2D eigenvalue weighted by Gasteiger charge is -2.31. The Labute approximate surface area is 195 Å². The summed E-state index contributed by atoms with van der Waals surface area (Å²) in [6, 6.07) is 6.49. The molecule has 0 N–H and O–H groups in total. The number of thiophene rings is 1. The predicted octanol–water partition coefficient (Wildman–Crippen LogP) is 5.69. The zero-order valence-electron chi connectivity index (χ0n) is 19.6. The van der Waals surface area contributed by atoms with E-state index in [9.17, 15) is 4.79 Å². The van der Waals surface area contributed by atoms with Gasteiger partial charge in [-0.1, -0.05) is 25.1 Å². The summed E-state index contributed by atoms with van der Waals surface area (Å²) in [5.41, 5.74) is 6.80. The van der Waals surface area contributed by atoms with Crippen LogP contribution in [0.25, 0.3) is 11.0 Å². The van der Waals surface area contributed by atoms with Crippen LogP contribution in [0.3, 0.4) is 0 Å². The van der Waals surface area contributed by atoms with Gasteiger partial charge in [0.05, 0.1) is 12.8 Å². The number of para-hydroxylation sites is 1. The quantitative estimate of drug-likeness (QED) is 0.501. The van der Waals surface area contributed by atoms with E-state index in [4.69, 9.17) is 4.42 Å². The second-order valence-electron chi connectivity index (χ2n) is 9.46. The number of piperidine rings is 1. The lowest BCUT2D eigenvalue weighted by atomic mass is 9.89. The van der Waals surface area contributed by atoms with Gasteiger partial charge in [-0.25, -0.2) is 0 Å². The fraction of sp³-hybridized carbons (Fsp3) is 0.519. The summed E-state index contributed by atoms with van der Waals surface area (Å²) in [7, 11) is 0. The molecule has 2 aliphatic rings. The van der Waals surface area contributed by atoms with Crippen molar-refractivity contribution in [1.29, 1.82) is 0 Å². The van der Waals surface area contributed by atoms with Gasteiger partial charge in [0.2, 0.25) is 5.91 Å². The molecule has 0 unspecified atom stereocenters. The van der Waals surface area contributed by atoms with E-state index in [1.807, 2.05) is 22.5 Å². The molecule has 2 aliphatic heterocycles. The van der Waals surface area contributed by atoms with Crippen molar-refractivity contribution in [3.63, 3.8) is 0 Å². The second-order valence-corrected chi connectivity index (χ2v) is 10.6. The number of rotatable bonds is 5. The fourth-order valence-electron chi connectivity index (χ4n) is 5.67. The topological polar surface area (TPSA) is 36.7 Å². The van der Waals surface area contributed by atoms with Crippen molar-refractivity contribution in [2.45, 2.75) is 65.3 Å². The van der Waals surface area contributed by atoms with Crippen molar-refractivity contribution < 1.29 is 9.21 Å². The highest BCUT2D eigenvalue weighted by Gasteiger charge is 2.26. The first-order chi connectivity index (χ1) is 15.5. The minimum absolute atomic E-state index is 0.201. The zero-order chi connectivity index (χ0) is 22.2. The maximum absolute atomic E-state index is 11.8. The van der Waals surface area contributed by atoms with Crippen LogP contribution >= 0.6 is 11.3 Å². The third-order valence-corrected chi connectivity index (χ3v) is 8.88. The molecule has 4 heterocycles. The van der Waals surface area contributed by atoms with E-state index in [-0.39, 0.29) is 5.91 Å². The summed E-state index contributed by atoms with van der Waals surface area (Å²) < 4.78 is 5.92. The Morgan fingerprint density at radius 3 is 2.78 bits per heavy atom. The number of benzene rings is 1. The molecule has 1 aromatic carbocycles. The summed E-state index contributed by atoms with van der Waals surface area (Å²) >= 11 is 1.96. The summed E-state index contributed by atoms with van der Waals surface area (Å²) in [4.78, 5) is 19.4. The highest BCUT2D eigenvalue weighted by Crippen LogP contribution is 2.37. The number of aryl methyl sites for hydroxylation is 1. The van der Waals surface area contributed by atoms with Crippen molar-refractivity contribution in [2.24, 2.45) is 0 Å². The number of fused-ring (bicyclic) bond motifs is 2. The molecule has 170 valence electrons. The molecule has 4 nitrogen and oxygen atoms in total. The van der Waals surface area contributed by atoms with Gasteiger partial charge in [0.1, 0.15) is 5.58 Å². The van der Waals surface area contributed by atoms with Gasteiger partial charge in [-0.2, -0.15) is 0 Å². The molecular formula is C27H34N2O2S. The molecule has 1 saturated heterocycles. The lowest BCUT2D eigenvalue weighted by Crippen LogP contribution is -2.34. The highest BCUT2D eigenvalue weighted by atomic mass is 32.1. The number of amides is 1. The van der Waals surface area contributed by atoms with Crippen LogP contribution in [0.15, 0.2) is 28.9 Å².